The van der Waals surface area contributed by atoms with Gasteiger partial charge in [0, 0.05) is 31.4 Å². The number of hydrogen-bond acceptors (Lipinski definition) is 6. The summed E-state index contributed by atoms with van der Waals surface area (Å²) in [6.07, 6.45) is 6.52. The van der Waals surface area contributed by atoms with Gasteiger partial charge >= 0.3 is 11.8 Å². The van der Waals surface area contributed by atoms with Crippen molar-refractivity contribution in [1.29, 1.82) is 0 Å². The Kier molecular flexibility index (Phi) is 5.79. The van der Waals surface area contributed by atoms with Crippen LogP contribution in [-0.2, 0) is 6.54 Å². The molecule has 0 saturated carbocycles. The minimum Gasteiger partial charge on any atom is -0.357 e. The summed E-state index contributed by atoms with van der Waals surface area (Å²) in [5, 5.41) is 6.58. The summed E-state index contributed by atoms with van der Waals surface area (Å²) in [7, 11) is 0. The smallest absolute Gasteiger partial charge is 0.316 e. The monoisotopic (exact) mass is 395 g/mol. The highest BCUT2D eigenvalue weighted by Gasteiger charge is 2.18. The second-order valence-corrected chi connectivity index (χ2v) is 7.04. The van der Waals surface area contributed by atoms with Gasteiger partial charge in [-0.3, -0.25) is 4.79 Å². The maximum Gasteiger partial charge on any atom is 0.316 e. The summed E-state index contributed by atoms with van der Waals surface area (Å²) in [5.74, 6) is 0.222. The summed E-state index contributed by atoms with van der Waals surface area (Å²) in [6.45, 7) is 2.13. The van der Waals surface area contributed by atoms with E-state index in [1.54, 1.807) is 24.4 Å². The molecule has 8 heteroatoms. The standard InChI is InChI=1S/C21H22FN5O2/c22-17-7-5-6-15(12-17)14-24-20(28)21-25-19(26-29-21)16-8-9-23-18(13-16)27-10-3-1-2-4-11-27/h5-9,12-13H,1-4,10-11,14H2,(H,24,28). The van der Waals surface area contributed by atoms with E-state index in [0.717, 1.165) is 37.3 Å². The van der Waals surface area contributed by atoms with Crippen LogP contribution in [0.15, 0.2) is 47.1 Å². The minimum absolute atomic E-state index is 0.135. The number of benzene rings is 1. The van der Waals surface area contributed by atoms with Crippen molar-refractivity contribution in [1.82, 2.24) is 20.4 Å². The van der Waals surface area contributed by atoms with Crippen molar-refractivity contribution in [3.8, 4) is 11.4 Å². The zero-order chi connectivity index (χ0) is 20.1. The topological polar surface area (TPSA) is 84.2 Å². The summed E-state index contributed by atoms with van der Waals surface area (Å²) >= 11 is 0. The van der Waals surface area contributed by atoms with Crippen molar-refractivity contribution >= 4 is 11.7 Å². The first-order valence-corrected chi connectivity index (χ1v) is 9.77. The first kappa shape index (κ1) is 19.0. The molecule has 1 aromatic carbocycles. The number of aromatic nitrogens is 3. The molecule has 1 saturated heterocycles. The van der Waals surface area contributed by atoms with Crippen molar-refractivity contribution in [3.63, 3.8) is 0 Å². The molecule has 0 radical (unpaired) electrons. The third-order valence-corrected chi connectivity index (χ3v) is 4.90. The highest BCUT2D eigenvalue weighted by molar-refractivity contribution is 5.89. The van der Waals surface area contributed by atoms with Gasteiger partial charge in [0.15, 0.2) is 0 Å². The molecule has 1 N–H and O–H groups in total. The van der Waals surface area contributed by atoms with Crippen LogP contribution >= 0.6 is 0 Å². The number of pyridine rings is 1. The van der Waals surface area contributed by atoms with Gasteiger partial charge in [-0.05, 0) is 42.7 Å². The van der Waals surface area contributed by atoms with E-state index in [2.05, 4.69) is 25.3 Å². The molecule has 1 aliphatic heterocycles. The summed E-state index contributed by atoms with van der Waals surface area (Å²) < 4.78 is 18.4. The minimum atomic E-state index is -0.505. The SMILES string of the molecule is O=C(NCc1cccc(F)c1)c1nc(-c2ccnc(N3CCCCCC3)c2)no1. The molecule has 2 aromatic heterocycles. The number of carbonyl (C=O) groups is 1. The van der Waals surface area contributed by atoms with Gasteiger partial charge < -0.3 is 14.7 Å². The molecule has 0 unspecified atom stereocenters. The quantitative estimate of drug-likeness (QED) is 0.711. The number of anilines is 1. The molecule has 0 spiro atoms. The van der Waals surface area contributed by atoms with Crippen molar-refractivity contribution in [3.05, 3.63) is 59.9 Å². The molecule has 4 rings (SSSR count). The Hall–Kier alpha value is -3.29. The van der Waals surface area contributed by atoms with Crippen LogP contribution in [0.4, 0.5) is 10.2 Å². The van der Waals surface area contributed by atoms with Crippen molar-refractivity contribution in [2.45, 2.75) is 32.2 Å². The molecule has 150 valence electrons. The third kappa shape index (κ3) is 4.77. The van der Waals surface area contributed by atoms with Crippen molar-refractivity contribution in [2.75, 3.05) is 18.0 Å². The number of nitrogens with one attached hydrogen (secondary N) is 1. The lowest BCUT2D eigenvalue weighted by Gasteiger charge is -2.21. The van der Waals surface area contributed by atoms with Crippen molar-refractivity contribution in [2.24, 2.45) is 0 Å². The van der Waals surface area contributed by atoms with Gasteiger partial charge in [-0.15, -0.1) is 0 Å². The van der Waals surface area contributed by atoms with Crippen molar-refractivity contribution < 1.29 is 13.7 Å². The number of amides is 1. The molecule has 1 fully saturated rings. The normalized spacial score (nSPS) is 14.4. The molecule has 29 heavy (non-hydrogen) atoms. The number of rotatable bonds is 5. The lowest BCUT2D eigenvalue weighted by molar-refractivity contribution is 0.0907. The van der Waals surface area contributed by atoms with Gasteiger partial charge in [-0.2, -0.15) is 4.98 Å². The van der Waals surface area contributed by atoms with Crippen LogP contribution < -0.4 is 10.2 Å². The Bertz CT molecular complexity index is 982. The van der Waals surface area contributed by atoms with Crippen LogP contribution in [0.25, 0.3) is 11.4 Å². The van der Waals surface area contributed by atoms with Crippen LogP contribution in [0.5, 0.6) is 0 Å². The average Bonchev–Trinajstić information content (AvgIpc) is 3.08. The predicted octanol–water partition coefficient (Wildman–Crippen LogP) is 3.58. The van der Waals surface area contributed by atoms with E-state index in [4.69, 9.17) is 4.52 Å². The van der Waals surface area contributed by atoms with E-state index in [-0.39, 0.29) is 18.3 Å². The molecule has 0 aliphatic carbocycles. The van der Waals surface area contributed by atoms with E-state index in [0.29, 0.717) is 11.4 Å². The second-order valence-electron chi connectivity index (χ2n) is 7.04. The Labute approximate surface area is 168 Å². The molecule has 3 heterocycles. The number of hydrogen-bond donors (Lipinski definition) is 1. The zero-order valence-electron chi connectivity index (χ0n) is 16.0. The number of nitrogens with zero attached hydrogens (tertiary/aromatic N) is 4. The highest BCUT2D eigenvalue weighted by Crippen LogP contribution is 2.23. The Balaban J connectivity index is 1.44. The molecule has 0 atom stereocenters. The summed E-state index contributed by atoms with van der Waals surface area (Å²) in [4.78, 5) is 23.2. The fraction of sp³-hybridized carbons (Fsp3) is 0.333. The van der Waals surface area contributed by atoms with Crippen LogP contribution in [0, 0.1) is 5.82 Å². The second kappa shape index (κ2) is 8.81. The summed E-state index contributed by atoms with van der Waals surface area (Å²) in [6, 6.07) is 9.74. The Morgan fingerprint density at radius 2 is 1.97 bits per heavy atom. The highest BCUT2D eigenvalue weighted by atomic mass is 19.1. The maximum absolute atomic E-state index is 13.2. The maximum atomic E-state index is 13.2. The number of carbonyl (C=O) groups excluding carboxylic acids is 1. The number of halogens is 1. The van der Waals surface area contributed by atoms with Gasteiger partial charge in [0.1, 0.15) is 11.6 Å². The Morgan fingerprint density at radius 3 is 2.76 bits per heavy atom. The van der Waals surface area contributed by atoms with Crippen LogP contribution in [0.1, 0.15) is 41.9 Å². The largest absolute Gasteiger partial charge is 0.357 e. The van der Waals surface area contributed by atoms with Crippen LogP contribution in [-0.4, -0.2) is 34.1 Å². The average molecular weight is 395 g/mol. The fourth-order valence-electron chi connectivity index (χ4n) is 3.37. The van der Waals surface area contributed by atoms with E-state index in [1.165, 1.54) is 25.0 Å². The van der Waals surface area contributed by atoms with Crippen LogP contribution in [0.2, 0.25) is 0 Å². The zero-order valence-corrected chi connectivity index (χ0v) is 16.0. The first-order chi connectivity index (χ1) is 14.2. The molecular weight excluding hydrogens is 373 g/mol. The first-order valence-electron chi connectivity index (χ1n) is 9.77. The van der Waals surface area contributed by atoms with Gasteiger partial charge in [-0.25, -0.2) is 9.37 Å². The molecule has 0 bridgehead atoms. The molecule has 3 aromatic rings. The lowest BCUT2D eigenvalue weighted by atomic mass is 10.2. The van der Waals surface area contributed by atoms with Gasteiger partial charge in [0.05, 0.1) is 0 Å². The molecular formula is C21H22FN5O2. The van der Waals surface area contributed by atoms with Gasteiger partial charge in [0.25, 0.3) is 0 Å². The predicted molar refractivity (Wildman–Crippen MR) is 106 cm³/mol. The fourth-order valence-corrected chi connectivity index (χ4v) is 3.37. The third-order valence-electron chi connectivity index (χ3n) is 4.90. The molecule has 7 nitrogen and oxygen atoms in total. The van der Waals surface area contributed by atoms with E-state index >= 15 is 0 Å². The van der Waals surface area contributed by atoms with Crippen LogP contribution in [0.3, 0.4) is 0 Å². The van der Waals surface area contributed by atoms with Gasteiger partial charge in [0.2, 0.25) is 5.82 Å². The molecule has 1 aliphatic rings. The van der Waals surface area contributed by atoms with Gasteiger partial charge in [-0.1, -0.05) is 30.1 Å². The summed E-state index contributed by atoms with van der Waals surface area (Å²) in [5.41, 5.74) is 1.39. The van der Waals surface area contributed by atoms with E-state index in [9.17, 15) is 9.18 Å². The Morgan fingerprint density at radius 1 is 1.14 bits per heavy atom. The lowest BCUT2D eigenvalue weighted by Crippen LogP contribution is -2.24. The van der Waals surface area contributed by atoms with E-state index in [1.807, 2.05) is 6.07 Å². The van der Waals surface area contributed by atoms with E-state index < -0.39 is 5.91 Å². The molecule has 1 amide bonds.